The van der Waals surface area contributed by atoms with Gasteiger partial charge in [-0.15, -0.1) is 0 Å². The van der Waals surface area contributed by atoms with Gasteiger partial charge in [0.15, 0.2) is 5.82 Å². The van der Waals surface area contributed by atoms with E-state index in [9.17, 15) is 0 Å². The van der Waals surface area contributed by atoms with E-state index in [0.29, 0.717) is 11.5 Å². The summed E-state index contributed by atoms with van der Waals surface area (Å²) in [5, 5.41) is 10.3. The van der Waals surface area contributed by atoms with E-state index in [1.807, 2.05) is 13.8 Å². The number of nitrogens with zero attached hydrogens (tertiary/aromatic N) is 2. The lowest BCUT2D eigenvalue weighted by Crippen LogP contribution is -2.20. The summed E-state index contributed by atoms with van der Waals surface area (Å²) in [5.41, 5.74) is 5.73. The zero-order valence-corrected chi connectivity index (χ0v) is 7.70. The number of hydrogen-bond acceptors (Lipinski definition) is 4. The molecule has 5 nitrogen and oxygen atoms in total. The Morgan fingerprint density at radius 3 is 2.62 bits per heavy atom. The zero-order valence-electron chi connectivity index (χ0n) is 7.70. The smallest absolute Gasteiger partial charge is 0.155 e. The molecule has 1 rings (SSSR count). The molecular formula is C8H13N5. The van der Waals surface area contributed by atoms with Crippen molar-refractivity contribution in [2.24, 2.45) is 5.73 Å². The molecule has 0 aliphatic carbocycles. The van der Waals surface area contributed by atoms with Crippen molar-refractivity contribution in [3.05, 3.63) is 18.1 Å². The van der Waals surface area contributed by atoms with Crippen LogP contribution in [0.3, 0.4) is 0 Å². The third-order valence-electron chi connectivity index (χ3n) is 1.38. The number of nitrogens with one attached hydrogen (secondary N) is 2. The quantitative estimate of drug-likeness (QED) is 0.468. The molecule has 70 valence electrons. The van der Waals surface area contributed by atoms with Crippen molar-refractivity contribution in [2.75, 3.05) is 5.32 Å². The van der Waals surface area contributed by atoms with Gasteiger partial charge in [0.2, 0.25) is 0 Å². The first-order valence-electron chi connectivity index (χ1n) is 4.03. The van der Waals surface area contributed by atoms with Crippen LogP contribution >= 0.6 is 0 Å². The van der Waals surface area contributed by atoms with E-state index >= 15 is 0 Å². The van der Waals surface area contributed by atoms with Crippen LogP contribution < -0.4 is 11.1 Å². The molecule has 0 amide bonds. The van der Waals surface area contributed by atoms with Gasteiger partial charge in [-0.1, -0.05) is 0 Å². The lowest BCUT2D eigenvalue weighted by atomic mass is 10.3. The van der Waals surface area contributed by atoms with Gasteiger partial charge in [-0.05, 0) is 13.8 Å². The number of nitrogens with two attached hydrogens (primary N) is 1. The minimum Gasteiger partial charge on any atom is -0.382 e. The Morgan fingerprint density at radius 1 is 1.46 bits per heavy atom. The van der Waals surface area contributed by atoms with E-state index in [-0.39, 0.29) is 11.9 Å². The summed E-state index contributed by atoms with van der Waals surface area (Å²) in [6.45, 7) is 3.97. The van der Waals surface area contributed by atoms with E-state index in [2.05, 4.69) is 15.3 Å². The average Bonchev–Trinajstić information content (AvgIpc) is 2.03. The molecule has 0 bridgehead atoms. The monoisotopic (exact) mass is 179 g/mol. The maximum Gasteiger partial charge on any atom is 0.155 e. The van der Waals surface area contributed by atoms with Gasteiger partial charge in [0.25, 0.3) is 0 Å². The summed E-state index contributed by atoms with van der Waals surface area (Å²) in [6.07, 6.45) is 3.08. The van der Waals surface area contributed by atoms with Gasteiger partial charge in [0.1, 0.15) is 11.5 Å². The number of nitrogen functional groups attached to an aromatic ring is 1. The van der Waals surface area contributed by atoms with E-state index in [1.54, 1.807) is 6.20 Å². The van der Waals surface area contributed by atoms with Crippen LogP contribution in [0.25, 0.3) is 0 Å². The molecule has 4 N–H and O–H groups in total. The van der Waals surface area contributed by atoms with Gasteiger partial charge < -0.3 is 11.1 Å². The van der Waals surface area contributed by atoms with Crippen LogP contribution in [0.15, 0.2) is 12.4 Å². The van der Waals surface area contributed by atoms with Crippen molar-refractivity contribution in [2.45, 2.75) is 19.9 Å². The van der Waals surface area contributed by atoms with Crippen LogP contribution in [-0.2, 0) is 0 Å². The Morgan fingerprint density at radius 2 is 2.08 bits per heavy atom. The number of rotatable bonds is 3. The van der Waals surface area contributed by atoms with Crippen LogP contribution in [-0.4, -0.2) is 21.8 Å². The Bertz CT molecular complexity index is 307. The maximum atomic E-state index is 7.26. The first-order chi connectivity index (χ1) is 6.11. The third kappa shape index (κ3) is 2.40. The number of anilines is 1. The molecule has 0 aliphatic rings. The van der Waals surface area contributed by atoms with Gasteiger partial charge >= 0.3 is 0 Å². The highest BCUT2D eigenvalue weighted by atomic mass is 15.0. The fourth-order valence-electron chi connectivity index (χ4n) is 0.914. The molecule has 0 aromatic carbocycles. The van der Waals surface area contributed by atoms with Gasteiger partial charge in [-0.3, -0.25) is 5.41 Å². The van der Waals surface area contributed by atoms with Gasteiger partial charge in [0.05, 0.1) is 0 Å². The second kappa shape index (κ2) is 3.84. The molecule has 1 heterocycles. The van der Waals surface area contributed by atoms with Crippen molar-refractivity contribution < 1.29 is 0 Å². The maximum absolute atomic E-state index is 7.26. The molecule has 0 spiro atoms. The highest BCUT2D eigenvalue weighted by Crippen LogP contribution is 2.08. The summed E-state index contributed by atoms with van der Waals surface area (Å²) in [4.78, 5) is 8.00. The van der Waals surface area contributed by atoms with Crippen LogP contribution in [0.5, 0.6) is 0 Å². The molecule has 0 fully saturated rings. The van der Waals surface area contributed by atoms with E-state index in [1.165, 1.54) is 6.20 Å². The molecule has 1 aromatic rings. The molecule has 5 heteroatoms. The third-order valence-corrected chi connectivity index (χ3v) is 1.38. The molecule has 13 heavy (non-hydrogen) atoms. The van der Waals surface area contributed by atoms with Crippen LogP contribution in [0.2, 0.25) is 0 Å². The second-order valence-corrected chi connectivity index (χ2v) is 2.97. The second-order valence-electron chi connectivity index (χ2n) is 2.97. The predicted molar refractivity (Wildman–Crippen MR) is 51.8 cm³/mol. The molecule has 0 atom stereocenters. The Labute approximate surface area is 76.9 Å². The van der Waals surface area contributed by atoms with Crippen molar-refractivity contribution in [1.82, 2.24) is 9.97 Å². The van der Waals surface area contributed by atoms with Gasteiger partial charge in [0, 0.05) is 18.4 Å². The van der Waals surface area contributed by atoms with Crippen LogP contribution in [0.4, 0.5) is 5.82 Å². The fraction of sp³-hybridized carbons (Fsp3) is 0.375. The molecule has 0 radical (unpaired) electrons. The highest BCUT2D eigenvalue weighted by molar-refractivity contribution is 5.97. The van der Waals surface area contributed by atoms with E-state index in [4.69, 9.17) is 11.1 Å². The van der Waals surface area contributed by atoms with Crippen LogP contribution in [0.1, 0.15) is 19.5 Å². The largest absolute Gasteiger partial charge is 0.382 e. The minimum absolute atomic E-state index is 0.0729. The highest BCUT2D eigenvalue weighted by Gasteiger charge is 2.07. The SMILES string of the molecule is CC(C)Nc1nccnc1C(=N)N. The Balaban J connectivity index is 2.98. The molecule has 1 aromatic heterocycles. The zero-order chi connectivity index (χ0) is 9.84. The topological polar surface area (TPSA) is 87.7 Å². The van der Waals surface area contributed by atoms with Crippen molar-refractivity contribution >= 4 is 11.7 Å². The predicted octanol–water partition coefficient (Wildman–Crippen LogP) is 0.581. The fourth-order valence-corrected chi connectivity index (χ4v) is 0.914. The normalized spacial score (nSPS) is 10.1. The molecule has 0 aliphatic heterocycles. The summed E-state index contributed by atoms with van der Waals surface area (Å²) in [5.74, 6) is 0.487. The van der Waals surface area contributed by atoms with Crippen molar-refractivity contribution in [1.29, 1.82) is 5.41 Å². The first-order valence-corrected chi connectivity index (χ1v) is 4.03. The standard InChI is InChI=1S/C8H13N5/c1-5(2)13-8-6(7(9)10)11-3-4-12-8/h3-5H,1-2H3,(H3,9,10)(H,12,13). The summed E-state index contributed by atoms with van der Waals surface area (Å²) in [6, 6.07) is 0.245. The molecule has 0 saturated heterocycles. The summed E-state index contributed by atoms with van der Waals surface area (Å²) < 4.78 is 0. The van der Waals surface area contributed by atoms with Gasteiger partial charge in [-0.25, -0.2) is 9.97 Å². The van der Waals surface area contributed by atoms with Crippen molar-refractivity contribution in [3.63, 3.8) is 0 Å². The number of amidine groups is 1. The molecule has 0 unspecified atom stereocenters. The van der Waals surface area contributed by atoms with Crippen LogP contribution in [0, 0.1) is 5.41 Å². The lowest BCUT2D eigenvalue weighted by molar-refractivity contribution is 0.884. The van der Waals surface area contributed by atoms with E-state index < -0.39 is 0 Å². The Kier molecular flexibility index (Phi) is 2.79. The number of aromatic nitrogens is 2. The van der Waals surface area contributed by atoms with Gasteiger partial charge in [-0.2, -0.15) is 0 Å². The van der Waals surface area contributed by atoms with E-state index in [0.717, 1.165) is 0 Å². The Hall–Kier alpha value is -1.65. The summed E-state index contributed by atoms with van der Waals surface area (Å²) in [7, 11) is 0. The van der Waals surface area contributed by atoms with Crippen molar-refractivity contribution in [3.8, 4) is 0 Å². The molecule has 0 saturated carbocycles. The lowest BCUT2D eigenvalue weighted by Gasteiger charge is -2.10. The summed E-state index contributed by atoms with van der Waals surface area (Å²) >= 11 is 0. The molecular weight excluding hydrogens is 166 g/mol. The minimum atomic E-state index is -0.0729. The average molecular weight is 179 g/mol. The first kappa shape index (κ1) is 9.44. The number of hydrogen-bond donors (Lipinski definition) is 3.